The summed E-state index contributed by atoms with van der Waals surface area (Å²) in [6.45, 7) is 1.89. The fourth-order valence-corrected chi connectivity index (χ4v) is 4.02. The van der Waals surface area contributed by atoms with Gasteiger partial charge in [-0.1, -0.05) is 24.3 Å². The van der Waals surface area contributed by atoms with Gasteiger partial charge in [0.15, 0.2) is 0 Å². The summed E-state index contributed by atoms with van der Waals surface area (Å²) in [4.78, 5) is 0. The highest BCUT2D eigenvalue weighted by Crippen LogP contribution is 2.34. The Morgan fingerprint density at radius 2 is 2.09 bits per heavy atom. The zero-order chi connectivity index (χ0) is 15.6. The van der Waals surface area contributed by atoms with Gasteiger partial charge in [-0.3, -0.25) is 4.68 Å². The van der Waals surface area contributed by atoms with Crippen molar-refractivity contribution in [1.82, 2.24) is 15.1 Å². The molecule has 0 unspecified atom stereocenters. The first-order valence-electron chi connectivity index (χ1n) is 8.71. The van der Waals surface area contributed by atoms with Crippen LogP contribution in [0.1, 0.15) is 35.8 Å². The molecule has 1 aromatic carbocycles. The molecule has 1 fully saturated rings. The summed E-state index contributed by atoms with van der Waals surface area (Å²) in [6.07, 6.45) is 6.76. The van der Waals surface area contributed by atoms with Gasteiger partial charge in [-0.25, -0.2) is 0 Å². The first-order chi connectivity index (χ1) is 11.3. The fourth-order valence-electron chi connectivity index (χ4n) is 4.02. The average molecular weight is 311 g/mol. The van der Waals surface area contributed by atoms with Crippen LogP contribution in [-0.2, 0) is 24.6 Å². The minimum Gasteiger partial charge on any atom is -0.372 e. The topological polar surface area (TPSA) is 39.1 Å². The molecule has 2 aliphatic rings. The highest BCUT2D eigenvalue weighted by Gasteiger charge is 2.32. The number of rotatable bonds is 4. The third kappa shape index (κ3) is 3.06. The number of nitrogens with one attached hydrogen (secondary N) is 1. The van der Waals surface area contributed by atoms with Crippen molar-refractivity contribution >= 4 is 0 Å². The van der Waals surface area contributed by atoms with E-state index in [2.05, 4.69) is 40.7 Å². The maximum absolute atomic E-state index is 5.99. The number of benzene rings is 1. The highest BCUT2D eigenvalue weighted by atomic mass is 16.5. The second-order valence-electron chi connectivity index (χ2n) is 6.84. The van der Waals surface area contributed by atoms with Crippen LogP contribution in [0.15, 0.2) is 36.5 Å². The first-order valence-corrected chi connectivity index (χ1v) is 8.71. The summed E-state index contributed by atoms with van der Waals surface area (Å²) in [5, 5.41) is 8.09. The molecule has 0 bridgehead atoms. The van der Waals surface area contributed by atoms with Crippen molar-refractivity contribution in [3.63, 3.8) is 0 Å². The normalized spacial score (nSPS) is 27.1. The Balaban J connectivity index is 1.37. The van der Waals surface area contributed by atoms with E-state index in [0.29, 0.717) is 12.0 Å². The van der Waals surface area contributed by atoms with E-state index < -0.39 is 0 Å². The van der Waals surface area contributed by atoms with E-state index in [1.54, 1.807) is 0 Å². The van der Waals surface area contributed by atoms with Gasteiger partial charge in [-0.2, -0.15) is 5.10 Å². The van der Waals surface area contributed by atoms with E-state index in [1.807, 2.05) is 17.9 Å². The lowest BCUT2D eigenvalue weighted by atomic mass is 9.88. The average Bonchev–Trinajstić information content (AvgIpc) is 3.21. The Hall–Kier alpha value is -1.65. The monoisotopic (exact) mass is 311 g/mol. The summed E-state index contributed by atoms with van der Waals surface area (Å²) in [5.74, 6) is 0.544. The molecule has 1 N–H and O–H groups in total. The molecule has 1 saturated heterocycles. The molecule has 0 radical (unpaired) electrons. The van der Waals surface area contributed by atoms with Crippen molar-refractivity contribution in [3.8, 4) is 0 Å². The second kappa shape index (κ2) is 6.46. The van der Waals surface area contributed by atoms with Gasteiger partial charge < -0.3 is 10.1 Å². The predicted octanol–water partition coefficient (Wildman–Crippen LogP) is 2.64. The summed E-state index contributed by atoms with van der Waals surface area (Å²) >= 11 is 0. The molecule has 4 nitrogen and oxygen atoms in total. The molecule has 0 spiro atoms. The van der Waals surface area contributed by atoms with E-state index in [9.17, 15) is 0 Å². The van der Waals surface area contributed by atoms with Crippen molar-refractivity contribution in [3.05, 3.63) is 53.3 Å². The third-order valence-electron chi connectivity index (χ3n) is 5.38. The van der Waals surface area contributed by atoms with Crippen LogP contribution in [0.3, 0.4) is 0 Å². The van der Waals surface area contributed by atoms with Gasteiger partial charge in [0.2, 0.25) is 0 Å². The molecule has 3 atom stereocenters. The molecule has 2 aromatic rings. The number of aromatic nitrogens is 2. The van der Waals surface area contributed by atoms with Crippen LogP contribution in [0, 0.1) is 5.92 Å². The van der Waals surface area contributed by atoms with Crippen molar-refractivity contribution in [2.45, 2.75) is 37.8 Å². The van der Waals surface area contributed by atoms with E-state index in [1.165, 1.54) is 29.7 Å². The molecular weight excluding hydrogens is 286 g/mol. The molecule has 0 amide bonds. The van der Waals surface area contributed by atoms with Gasteiger partial charge in [0.25, 0.3) is 0 Å². The third-order valence-corrected chi connectivity index (χ3v) is 5.38. The predicted molar refractivity (Wildman–Crippen MR) is 90.3 cm³/mol. The van der Waals surface area contributed by atoms with Crippen LogP contribution >= 0.6 is 0 Å². The number of fused-ring (bicyclic) bond motifs is 1. The SMILES string of the molecule is Cn1nccc1[C@@H]1OCC[C@H]1CN[C@@H]1CCc2ccccc2C1. The largest absolute Gasteiger partial charge is 0.372 e. The molecule has 2 heterocycles. The quantitative estimate of drug-likeness (QED) is 0.943. The molecule has 23 heavy (non-hydrogen) atoms. The number of aryl methyl sites for hydroxylation is 2. The number of nitrogens with zero attached hydrogens (tertiary/aromatic N) is 2. The molecule has 4 heteroatoms. The summed E-state index contributed by atoms with van der Waals surface area (Å²) in [5.41, 5.74) is 4.24. The smallest absolute Gasteiger partial charge is 0.103 e. The Kier molecular flexibility index (Phi) is 4.19. The number of hydrogen-bond acceptors (Lipinski definition) is 3. The van der Waals surface area contributed by atoms with Crippen molar-refractivity contribution in [2.24, 2.45) is 13.0 Å². The zero-order valence-electron chi connectivity index (χ0n) is 13.7. The van der Waals surface area contributed by atoms with Crippen LogP contribution < -0.4 is 5.32 Å². The summed E-state index contributed by atoms with van der Waals surface area (Å²) in [7, 11) is 2.00. The van der Waals surface area contributed by atoms with Gasteiger partial charge in [0.05, 0.1) is 5.69 Å². The molecule has 1 aromatic heterocycles. The molecular formula is C19H25N3O. The lowest BCUT2D eigenvalue weighted by Crippen LogP contribution is -2.38. The maximum Gasteiger partial charge on any atom is 0.103 e. The van der Waals surface area contributed by atoms with Crippen molar-refractivity contribution < 1.29 is 4.74 Å². The van der Waals surface area contributed by atoms with Crippen molar-refractivity contribution in [2.75, 3.05) is 13.2 Å². The Bertz CT molecular complexity index is 666. The first kappa shape index (κ1) is 14.9. The van der Waals surface area contributed by atoms with Crippen LogP contribution in [0.4, 0.5) is 0 Å². The molecule has 1 aliphatic heterocycles. The van der Waals surface area contributed by atoms with E-state index in [4.69, 9.17) is 4.74 Å². The number of ether oxygens (including phenoxy) is 1. The summed E-state index contributed by atoms with van der Waals surface area (Å²) in [6, 6.07) is 11.5. The summed E-state index contributed by atoms with van der Waals surface area (Å²) < 4.78 is 7.93. The van der Waals surface area contributed by atoms with Crippen LogP contribution in [0.25, 0.3) is 0 Å². The zero-order valence-corrected chi connectivity index (χ0v) is 13.7. The molecule has 122 valence electrons. The molecule has 4 rings (SSSR count). The number of hydrogen-bond donors (Lipinski definition) is 1. The second-order valence-corrected chi connectivity index (χ2v) is 6.84. The fraction of sp³-hybridized carbons (Fsp3) is 0.526. The van der Waals surface area contributed by atoms with Gasteiger partial charge in [0.1, 0.15) is 6.10 Å². The minimum atomic E-state index is 0.186. The maximum atomic E-state index is 5.99. The van der Waals surface area contributed by atoms with E-state index in [0.717, 1.165) is 26.0 Å². The Labute approximate surface area is 137 Å². The van der Waals surface area contributed by atoms with Crippen LogP contribution in [-0.4, -0.2) is 29.0 Å². The van der Waals surface area contributed by atoms with Crippen LogP contribution in [0.5, 0.6) is 0 Å². The van der Waals surface area contributed by atoms with E-state index in [-0.39, 0.29) is 6.10 Å². The standard InChI is InChI=1S/C19H25N3O/c1-22-18(8-10-21-22)19-16(9-11-23-19)13-20-17-7-6-14-4-2-3-5-15(14)12-17/h2-5,8,10,16-17,19-20H,6-7,9,11-13H2,1H3/t16-,17+,19+/m0/s1. The minimum absolute atomic E-state index is 0.186. The van der Waals surface area contributed by atoms with Gasteiger partial charge >= 0.3 is 0 Å². The Morgan fingerprint density at radius 1 is 1.22 bits per heavy atom. The molecule has 0 saturated carbocycles. The highest BCUT2D eigenvalue weighted by molar-refractivity contribution is 5.30. The Morgan fingerprint density at radius 3 is 2.91 bits per heavy atom. The lowest BCUT2D eigenvalue weighted by molar-refractivity contribution is 0.0830. The van der Waals surface area contributed by atoms with Crippen LogP contribution in [0.2, 0.25) is 0 Å². The van der Waals surface area contributed by atoms with Crippen molar-refractivity contribution in [1.29, 1.82) is 0 Å². The van der Waals surface area contributed by atoms with E-state index >= 15 is 0 Å². The van der Waals surface area contributed by atoms with Gasteiger partial charge in [0, 0.05) is 38.4 Å². The molecule has 1 aliphatic carbocycles. The van der Waals surface area contributed by atoms with Gasteiger partial charge in [-0.05, 0) is 42.9 Å². The van der Waals surface area contributed by atoms with Gasteiger partial charge in [-0.15, -0.1) is 0 Å². The lowest BCUT2D eigenvalue weighted by Gasteiger charge is -2.28.